The van der Waals surface area contributed by atoms with Gasteiger partial charge in [-0.15, -0.1) is 0 Å². The molecule has 0 aliphatic carbocycles. The van der Waals surface area contributed by atoms with Crippen LogP contribution in [0.25, 0.3) is 11.6 Å². The average Bonchev–Trinajstić information content (AvgIpc) is 2.85. The summed E-state index contributed by atoms with van der Waals surface area (Å²) in [5, 5.41) is 0. The fourth-order valence-corrected chi connectivity index (χ4v) is 2.18. The Morgan fingerprint density at radius 3 is 2.58 bits per heavy atom. The topological polar surface area (TPSA) is 77.0 Å². The predicted molar refractivity (Wildman–Crippen MR) is 75.7 cm³/mol. The molecule has 3 N–H and O–H groups in total. The number of nitrogens with zero attached hydrogens (tertiary/aromatic N) is 2. The number of hydrazine groups is 1. The normalized spacial score (nSPS) is 11.1. The van der Waals surface area contributed by atoms with E-state index in [1.165, 1.54) is 0 Å². The molecule has 2 rings (SSSR count). The summed E-state index contributed by atoms with van der Waals surface area (Å²) in [5.41, 5.74) is 4.61. The molecule has 19 heavy (non-hydrogen) atoms. The highest BCUT2D eigenvalue weighted by molar-refractivity contribution is 5.56. The largest absolute Gasteiger partial charge is 0.458 e. The summed E-state index contributed by atoms with van der Waals surface area (Å²) in [6, 6.07) is 3.84. The highest BCUT2D eigenvalue weighted by atomic mass is 16.3. The SMILES string of the molecule is CCc1ccc(-c2nc(C)c(C(C)C)c(NN)n2)o1. The van der Waals surface area contributed by atoms with Crippen LogP contribution >= 0.6 is 0 Å². The molecule has 0 amide bonds. The quantitative estimate of drug-likeness (QED) is 0.652. The molecule has 0 saturated heterocycles. The highest BCUT2D eigenvalue weighted by Gasteiger charge is 2.16. The monoisotopic (exact) mass is 260 g/mol. The summed E-state index contributed by atoms with van der Waals surface area (Å²) in [5.74, 6) is 8.69. The van der Waals surface area contributed by atoms with Crippen molar-refractivity contribution < 1.29 is 4.42 Å². The number of nitrogens with one attached hydrogen (secondary N) is 1. The summed E-state index contributed by atoms with van der Waals surface area (Å²) >= 11 is 0. The summed E-state index contributed by atoms with van der Waals surface area (Å²) < 4.78 is 5.68. The van der Waals surface area contributed by atoms with Crippen molar-refractivity contribution in [1.29, 1.82) is 0 Å². The van der Waals surface area contributed by atoms with Crippen LogP contribution in [0.15, 0.2) is 16.5 Å². The molecule has 0 aliphatic heterocycles. The van der Waals surface area contributed by atoms with Crippen molar-refractivity contribution in [2.45, 2.75) is 40.0 Å². The van der Waals surface area contributed by atoms with Crippen LogP contribution in [0.3, 0.4) is 0 Å². The van der Waals surface area contributed by atoms with E-state index in [4.69, 9.17) is 10.3 Å². The van der Waals surface area contributed by atoms with E-state index in [0.717, 1.165) is 23.4 Å². The predicted octanol–water partition coefficient (Wildman–Crippen LogP) is 3.02. The van der Waals surface area contributed by atoms with Crippen molar-refractivity contribution in [3.63, 3.8) is 0 Å². The molecule has 0 radical (unpaired) electrons. The maximum absolute atomic E-state index is 5.68. The Kier molecular flexibility index (Phi) is 3.85. The zero-order valence-corrected chi connectivity index (χ0v) is 11.8. The molecule has 0 unspecified atom stereocenters. The molecule has 102 valence electrons. The smallest absolute Gasteiger partial charge is 0.197 e. The lowest BCUT2D eigenvalue weighted by atomic mass is 10.0. The van der Waals surface area contributed by atoms with Crippen LogP contribution in [0.5, 0.6) is 0 Å². The molecule has 0 aliphatic rings. The van der Waals surface area contributed by atoms with Crippen LogP contribution in [0.4, 0.5) is 5.82 Å². The van der Waals surface area contributed by atoms with Crippen LogP contribution in [-0.2, 0) is 6.42 Å². The second-order valence-electron chi connectivity index (χ2n) is 4.81. The minimum absolute atomic E-state index is 0.308. The van der Waals surface area contributed by atoms with E-state index in [2.05, 4.69) is 29.2 Å². The minimum Gasteiger partial charge on any atom is -0.458 e. The van der Waals surface area contributed by atoms with Crippen molar-refractivity contribution in [2.24, 2.45) is 5.84 Å². The molecule has 0 aromatic carbocycles. The van der Waals surface area contributed by atoms with E-state index in [-0.39, 0.29) is 0 Å². The Morgan fingerprint density at radius 2 is 2.05 bits per heavy atom. The van der Waals surface area contributed by atoms with Crippen LogP contribution in [0.1, 0.15) is 43.7 Å². The third-order valence-electron chi connectivity index (χ3n) is 3.08. The molecular formula is C14H20N4O. The van der Waals surface area contributed by atoms with Gasteiger partial charge < -0.3 is 9.84 Å². The summed E-state index contributed by atoms with van der Waals surface area (Å²) in [6.07, 6.45) is 0.852. The third kappa shape index (κ3) is 2.61. The first kappa shape index (κ1) is 13.5. The van der Waals surface area contributed by atoms with E-state index < -0.39 is 0 Å². The lowest BCUT2D eigenvalue weighted by Gasteiger charge is -2.14. The first-order valence-electron chi connectivity index (χ1n) is 6.51. The van der Waals surface area contributed by atoms with E-state index in [1.807, 2.05) is 26.0 Å². The van der Waals surface area contributed by atoms with Crippen molar-refractivity contribution in [3.8, 4) is 11.6 Å². The number of hydrogen-bond acceptors (Lipinski definition) is 5. The van der Waals surface area contributed by atoms with Crippen LogP contribution in [0.2, 0.25) is 0 Å². The molecular weight excluding hydrogens is 240 g/mol. The Morgan fingerprint density at radius 1 is 1.32 bits per heavy atom. The van der Waals surface area contributed by atoms with Crippen LogP contribution in [0, 0.1) is 6.92 Å². The minimum atomic E-state index is 0.308. The van der Waals surface area contributed by atoms with Gasteiger partial charge in [-0.3, -0.25) is 0 Å². The number of nitrogens with two attached hydrogens (primary N) is 1. The van der Waals surface area contributed by atoms with Gasteiger partial charge in [-0.2, -0.15) is 0 Å². The Balaban J connectivity index is 2.51. The molecule has 2 heterocycles. The summed E-state index contributed by atoms with van der Waals surface area (Å²) in [7, 11) is 0. The molecule has 0 atom stereocenters. The summed E-state index contributed by atoms with van der Waals surface area (Å²) in [6.45, 7) is 8.19. The highest BCUT2D eigenvalue weighted by Crippen LogP contribution is 2.28. The third-order valence-corrected chi connectivity index (χ3v) is 3.08. The second kappa shape index (κ2) is 5.40. The molecule has 5 heteroatoms. The number of aryl methyl sites for hydroxylation is 2. The fraction of sp³-hybridized carbons (Fsp3) is 0.429. The Bertz CT molecular complexity index is 575. The van der Waals surface area contributed by atoms with E-state index in [1.54, 1.807) is 0 Å². The van der Waals surface area contributed by atoms with Gasteiger partial charge in [0.05, 0.1) is 0 Å². The average molecular weight is 260 g/mol. The lowest BCUT2D eigenvalue weighted by molar-refractivity contribution is 0.525. The Hall–Kier alpha value is -1.88. The van der Waals surface area contributed by atoms with Crippen LogP contribution in [-0.4, -0.2) is 9.97 Å². The molecule has 2 aromatic heterocycles. The zero-order chi connectivity index (χ0) is 14.0. The van der Waals surface area contributed by atoms with Gasteiger partial charge in [-0.25, -0.2) is 15.8 Å². The maximum atomic E-state index is 5.68. The van der Waals surface area contributed by atoms with E-state index >= 15 is 0 Å². The van der Waals surface area contributed by atoms with Gasteiger partial charge in [0.1, 0.15) is 11.6 Å². The number of rotatable bonds is 4. The van der Waals surface area contributed by atoms with Crippen molar-refractivity contribution in [2.75, 3.05) is 5.43 Å². The molecule has 2 aromatic rings. The number of anilines is 1. The van der Waals surface area contributed by atoms with Gasteiger partial charge in [0.15, 0.2) is 11.6 Å². The lowest BCUT2D eigenvalue weighted by Crippen LogP contribution is -2.14. The zero-order valence-electron chi connectivity index (χ0n) is 11.8. The first-order valence-corrected chi connectivity index (χ1v) is 6.51. The molecule has 5 nitrogen and oxygen atoms in total. The molecule has 0 fully saturated rings. The van der Waals surface area contributed by atoms with Gasteiger partial charge in [0, 0.05) is 17.7 Å². The van der Waals surface area contributed by atoms with Gasteiger partial charge in [-0.05, 0) is 25.0 Å². The van der Waals surface area contributed by atoms with Crippen molar-refractivity contribution >= 4 is 5.82 Å². The second-order valence-corrected chi connectivity index (χ2v) is 4.81. The van der Waals surface area contributed by atoms with Gasteiger partial charge in [0.25, 0.3) is 0 Å². The molecule has 0 saturated carbocycles. The van der Waals surface area contributed by atoms with Gasteiger partial charge in [0.2, 0.25) is 0 Å². The van der Waals surface area contributed by atoms with E-state index in [9.17, 15) is 0 Å². The standard InChI is InChI=1S/C14H20N4O/c1-5-10-6-7-11(19-10)13-16-9(4)12(8(2)3)14(17-13)18-15/h6-8H,5,15H2,1-4H3,(H,16,17,18). The van der Waals surface area contributed by atoms with Crippen molar-refractivity contribution in [1.82, 2.24) is 9.97 Å². The molecule has 0 spiro atoms. The first-order chi connectivity index (χ1) is 9.06. The maximum Gasteiger partial charge on any atom is 0.197 e. The van der Waals surface area contributed by atoms with Gasteiger partial charge in [-0.1, -0.05) is 20.8 Å². The van der Waals surface area contributed by atoms with Crippen molar-refractivity contribution in [3.05, 3.63) is 29.2 Å². The fourth-order valence-electron chi connectivity index (χ4n) is 2.18. The number of furan rings is 1. The number of hydrogen-bond donors (Lipinski definition) is 2. The number of nitrogen functional groups attached to an aromatic ring is 1. The summed E-state index contributed by atoms with van der Waals surface area (Å²) in [4.78, 5) is 8.97. The van der Waals surface area contributed by atoms with Crippen LogP contribution < -0.4 is 11.3 Å². The number of aromatic nitrogens is 2. The van der Waals surface area contributed by atoms with Gasteiger partial charge >= 0.3 is 0 Å². The molecule has 0 bridgehead atoms. The Labute approximate surface area is 113 Å². The van der Waals surface area contributed by atoms with E-state index in [0.29, 0.717) is 23.3 Å².